The summed E-state index contributed by atoms with van der Waals surface area (Å²) in [6, 6.07) is 7.14. The summed E-state index contributed by atoms with van der Waals surface area (Å²) in [7, 11) is 0. The van der Waals surface area contributed by atoms with Crippen LogP contribution in [-0.2, 0) is 0 Å². The zero-order chi connectivity index (χ0) is 11.4. The molecule has 0 saturated carbocycles. The zero-order valence-corrected chi connectivity index (χ0v) is 8.88. The highest BCUT2D eigenvalue weighted by Gasteiger charge is 2.05. The average Bonchev–Trinajstić information content (AvgIpc) is 2.74. The van der Waals surface area contributed by atoms with Gasteiger partial charge >= 0.3 is 0 Å². The van der Waals surface area contributed by atoms with E-state index < -0.39 is 0 Å². The Morgan fingerprint density at radius 2 is 2.25 bits per heavy atom. The minimum absolute atomic E-state index is 0.142. The fourth-order valence-electron chi connectivity index (χ4n) is 1.30. The molecule has 0 aliphatic carbocycles. The molecule has 16 heavy (non-hydrogen) atoms. The van der Waals surface area contributed by atoms with E-state index in [0.717, 1.165) is 11.3 Å². The molecule has 80 valence electrons. The Bertz CT molecular complexity index is 512. The Hall–Kier alpha value is -2.16. The fraction of sp³-hybridized carbons (Fsp3) is 0.0769. The van der Waals surface area contributed by atoms with Crippen molar-refractivity contribution in [1.82, 2.24) is 4.98 Å². The summed E-state index contributed by atoms with van der Waals surface area (Å²) in [5.74, 6) is 0.952. The molecule has 3 heteroatoms. The van der Waals surface area contributed by atoms with Crippen LogP contribution >= 0.6 is 0 Å². The van der Waals surface area contributed by atoms with Gasteiger partial charge in [-0.15, -0.1) is 0 Å². The Balaban J connectivity index is 2.11. The second kappa shape index (κ2) is 4.57. The van der Waals surface area contributed by atoms with Gasteiger partial charge in [0.25, 0.3) is 0 Å². The lowest BCUT2D eigenvalue weighted by Gasteiger charge is -1.90. The minimum Gasteiger partial charge on any atom is -0.458 e. The van der Waals surface area contributed by atoms with Gasteiger partial charge < -0.3 is 4.42 Å². The number of rotatable bonds is 3. The van der Waals surface area contributed by atoms with E-state index in [9.17, 15) is 4.79 Å². The van der Waals surface area contributed by atoms with Crippen molar-refractivity contribution in [3.05, 3.63) is 59.8 Å². The van der Waals surface area contributed by atoms with Crippen LogP contribution in [0.2, 0.25) is 0 Å². The maximum atomic E-state index is 11.6. The van der Waals surface area contributed by atoms with Gasteiger partial charge in [-0.1, -0.05) is 6.07 Å². The molecule has 0 saturated heterocycles. The van der Waals surface area contributed by atoms with Crippen LogP contribution in [0.25, 0.3) is 6.08 Å². The van der Waals surface area contributed by atoms with Gasteiger partial charge in [-0.05, 0) is 42.8 Å². The SMILES string of the molecule is Cc1ccc(C(=O)C=Cc2cccnc2)o1. The number of aryl methyl sites for hydroxylation is 1. The number of hydrogen-bond acceptors (Lipinski definition) is 3. The van der Waals surface area contributed by atoms with Crippen LogP contribution in [0.3, 0.4) is 0 Å². The molecule has 0 radical (unpaired) electrons. The Morgan fingerprint density at radius 3 is 2.88 bits per heavy atom. The number of pyridine rings is 1. The highest BCUT2D eigenvalue weighted by molar-refractivity contribution is 6.04. The van der Waals surface area contributed by atoms with Crippen LogP contribution < -0.4 is 0 Å². The van der Waals surface area contributed by atoms with Crippen LogP contribution in [0, 0.1) is 6.92 Å². The van der Waals surface area contributed by atoms with Crippen molar-refractivity contribution in [3.8, 4) is 0 Å². The first-order valence-corrected chi connectivity index (χ1v) is 4.94. The topological polar surface area (TPSA) is 43.1 Å². The molecule has 2 rings (SSSR count). The molecular formula is C13H11NO2. The lowest BCUT2D eigenvalue weighted by Crippen LogP contribution is -1.90. The standard InChI is InChI=1S/C13H11NO2/c1-10-4-7-13(16-10)12(15)6-5-11-3-2-8-14-9-11/h2-9H,1H3. The Labute approximate surface area is 93.4 Å². The maximum Gasteiger partial charge on any atom is 0.221 e. The predicted octanol–water partition coefficient (Wildman–Crippen LogP) is 2.88. The molecule has 0 fully saturated rings. The Kier molecular flexibility index (Phi) is 2.96. The molecule has 0 aromatic carbocycles. The summed E-state index contributed by atoms with van der Waals surface area (Å²) >= 11 is 0. The van der Waals surface area contributed by atoms with E-state index in [-0.39, 0.29) is 5.78 Å². The Morgan fingerprint density at radius 1 is 1.38 bits per heavy atom. The summed E-state index contributed by atoms with van der Waals surface area (Å²) in [5.41, 5.74) is 0.888. The average molecular weight is 213 g/mol. The second-order valence-corrected chi connectivity index (χ2v) is 3.39. The summed E-state index contributed by atoms with van der Waals surface area (Å²) in [5, 5.41) is 0. The van der Waals surface area contributed by atoms with E-state index in [1.54, 1.807) is 30.6 Å². The van der Waals surface area contributed by atoms with E-state index in [4.69, 9.17) is 4.42 Å². The van der Waals surface area contributed by atoms with E-state index >= 15 is 0 Å². The number of allylic oxidation sites excluding steroid dienone is 1. The minimum atomic E-state index is -0.142. The van der Waals surface area contributed by atoms with Crippen LogP contribution in [0.15, 0.2) is 47.2 Å². The molecule has 3 nitrogen and oxygen atoms in total. The summed E-state index contributed by atoms with van der Waals surface area (Å²) in [6.07, 6.45) is 6.58. The first kappa shape index (κ1) is 10.4. The number of nitrogens with zero attached hydrogens (tertiary/aromatic N) is 1. The van der Waals surface area contributed by atoms with Crippen molar-refractivity contribution >= 4 is 11.9 Å². The molecule has 0 unspecified atom stereocenters. The quantitative estimate of drug-likeness (QED) is 0.581. The first-order chi connectivity index (χ1) is 7.75. The van der Waals surface area contributed by atoms with Crippen LogP contribution in [0.5, 0.6) is 0 Å². The normalized spacial score (nSPS) is 10.8. The monoisotopic (exact) mass is 213 g/mol. The molecule has 0 atom stereocenters. The molecular weight excluding hydrogens is 202 g/mol. The van der Waals surface area contributed by atoms with Crippen molar-refractivity contribution in [1.29, 1.82) is 0 Å². The number of furan rings is 1. The van der Waals surface area contributed by atoms with Gasteiger partial charge in [-0.3, -0.25) is 9.78 Å². The molecule has 0 N–H and O–H groups in total. The van der Waals surface area contributed by atoms with E-state index in [1.165, 1.54) is 6.08 Å². The smallest absolute Gasteiger partial charge is 0.221 e. The second-order valence-electron chi connectivity index (χ2n) is 3.39. The van der Waals surface area contributed by atoms with Gasteiger partial charge in [0.1, 0.15) is 5.76 Å². The molecule has 0 aliphatic heterocycles. The van der Waals surface area contributed by atoms with E-state index in [0.29, 0.717) is 5.76 Å². The molecule has 0 aliphatic rings. The van der Waals surface area contributed by atoms with Crippen LogP contribution in [0.1, 0.15) is 21.9 Å². The van der Waals surface area contributed by atoms with Crippen LogP contribution in [0.4, 0.5) is 0 Å². The van der Waals surface area contributed by atoms with Crippen LogP contribution in [-0.4, -0.2) is 10.8 Å². The third-order valence-electron chi connectivity index (χ3n) is 2.09. The number of hydrogen-bond donors (Lipinski definition) is 0. The molecule has 2 aromatic rings. The van der Waals surface area contributed by atoms with Crippen molar-refractivity contribution in [2.45, 2.75) is 6.92 Å². The van der Waals surface area contributed by atoms with Crippen molar-refractivity contribution < 1.29 is 9.21 Å². The molecule has 2 aromatic heterocycles. The fourth-order valence-corrected chi connectivity index (χ4v) is 1.30. The number of carbonyl (C=O) groups excluding carboxylic acids is 1. The number of ketones is 1. The van der Waals surface area contributed by atoms with E-state index in [2.05, 4.69) is 4.98 Å². The molecule has 0 bridgehead atoms. The lowest BCUT2D eigenvalue weighted by atomic mass is 10.2. The predicted molar refractivity (Wildman–Crippen MR) is 61.0 cm³/mol. The van der Waals surface area contributed by atoms with Gasteiger partial charge in [0.05, 0.1) is 0 Å². The summed E-state index contributed by atoms with van der Waals surface area (Å²) in [6.45, 7) is 1.81. The van der Waals surface area contributed by atoms with Gasteiger partial charge in [0.15, 0.2) is 5.76 Å². The molecule has 2 heterocycles. The van der Waals surface area contributed by atoms with Gasteiger partial charge in [-0.2, -0.15) is 0 Å². The van der Waals surface area contributed by atoms with Gasteiger partial charge in [0.2, 0.25) is 5.78 Å². The highest BCUT2D eigenvalue weighted by atomic mass is 16.3. The summed E-state index contributed by atoms with van der Waals surface area (Å²) in [4.78, 5) is 15.6. The molecule has 0 spiro atoms. The largest absolute Gasteiger partial charge is 0.458 e. The maximum absolute atomic E-state index is 11.6. The van der Waals surface area contributed by atoms with Gasteiger partial charge in [0, 0.05) is 12.4 Å². The van der Waals surface area contributed by atoms with Gasteiger partial charge in [-0.25, -0.2) is 0 Å². The number of aromatic nitrogens is 1. The lowest BCUT2D eigenvalue weighted by molar-refractivity contribution is 0.102. The zero-order valence-electron chi connectivity index (χ0n) is 8.88. The van der Waals surface area contributed by atoms with E-state index in [1.807, 2.05) is 19.1 Å². The summed E-state index contributed by atoms with van der Waals surface area (Å²) < 4.78 is 5.22. The van der Waals surface area contributed by atoms with Crippen molar-refractivity contribution in [2.75, 3.05) is 0 Å². The van der Waals surface area contributed by atoms with Crippen molar-refractivity contribution in [2.24, 2.45) is 0 Å². The molecule has 0 amide bonds. The number of carbonyl (C=O) groups is 1. The third kappa shape index (κ3) is 2.45. The third-order valence-corrected chi connectivity index (χ3v) is 2.09. The van der Waals surface area contributed by atoms with Crippen molar-refractivity contribution in [3.63, 3.8) is 0 Å². The highest BCUT2D eigenvalue weighted by Crippen LogP contribution is 2.08. The first-order valence-electron chi connectivity index (χ1n) is 4.94.